The molecule has 0 bridgehead atoms. The fraction of sp³-hybridized carbons (Fsp3) is 0.750. The van der Waals surface area contributed by atoms with Crippen molar-refractivity contribution < 1.29 is 19.1 Å². The molecule has 0 radical (unpaired) electrons. The molecule has 0 aromatic rings. The van der Waals surface area contributed by atoms with Crippen molar-refractivity contribution in [2.24, 2.45) is 0 Å². The lowest BCUT2D eigenvalue weighted by atomic mass is 10.2. The first-order valence-electron chi connectivity index (χ1n) is 6.55. The standard InChI is InChI=1S/C12H19N3O4/c1-9-8-19-6-5-14(9)10(16)3-2-4-15-11(17)7-13-12(15)18/h9H,2-8H2,1H3,(H,13,18). The molecule has 106 valence electrons. The topological polar surface area (TPSA) is 79.0 Å². The maximum absolute atomic E-state index is 12.0. The number of ether oxygens (including phenoxy) is 1. The predicted molar refractivity (Wildman–Crippen MR) is 66.3 cm³/mol. The highest BCUT2D eigenvalue weighted by molar-refractivity contribution is 6.01. The maximum atomic E-state index is 12.0. The lowest BCUT2D eigenvalue weighted by molar-refractivity contribution is -0.139. The van der Waals surface area contributed by atoms with Gasteiger partial charge in [0.05, 0.1) is 25.8 Å². The van der Waals surface area contributed by atoms with E-state index >= 15 is 0 Å². The van der Waals surface area contributed by atoms with E-state index in [1.165, 1.54) is 0 Å². The van der Waals surface area contributed by atoms with E-state index in [0.717, 1.165) is 4.90 Å². The zero-order valence-corrected chi connectivity index (χ0v) is 11.1. The maximum Gasteiger partial charge on any atom is 0.324 e. The van der Waals surface area contributed by atoms with Crippen LogP contribution in [0.15, 0.2) is 0 Å². The van der Waals surface area contributed by atoms with Crippen LogP contribution in [0, 0.1) is 0 Å². The Hall–Kier alpha value is -1.63. The van der Waals surface area contributed by atoms with Crippen molar-refractivity contribution in [2.45, 2.75) is 25.8 Å². The predicted octanol–water partition coefficient (Wildman–Crippen LogP) is -0.434. The van der Waals surface area contributed by atoms with E-state index in [1.54, 1.807) is 4.90 Å². The highest BCUT2D eigenvalue weighted by Gasteiger charge is 2.28. The Labute approximate surface area is 111 Å². The molecule has 0 aromatic heterocycles. The van der Waals surface area contributed by atoms with Crippen LogP contribution >= 0.6 is 0 Å². The van der Waals surface area contributed by atoms with Gasteiger partial charge in [0.25, 0.3) is 0 Å². The van der Waals surface area contributed by atoms with Gasteiger partial charge < -0.3 is 15.0 Å². The second-order valence-corrected chi connectivity index (χ2v) is 4.82. The molecule has 2 fully saturated rings. The minimum atomic E-state index is -0.364. The summed E-state index contributed by atoms with van der Waals surface area (Å²) in [5.41, 5.74) is 0. The minimum Gasteiger partial charge on any atom is -0.377 e. The third-order valence-corrected chi connectivity index (χ3v) is 3.40. The fourth-order valence-electron chi connectivity index (χ4n) is 2.31. The Morgan fingerprint density at radius 1 is 1.47 bits per heavy atom. The second kappa shape index (κ2) is 6.01. The van der Waals surface area contributed by atoms with Crippen LogP contribution in [0.25, 0.3) is 0 Å². The molecule has 19 heavy (non-hydrogen) atoms. The summed E-state index contributed by atoms with van der Waals surface area (Å²) in [4.78, 5) is 37.6. The molecule has 0 aliphatic carbocycles. The van der Waals surface area contributed by atoms with Gasteiger partial charge in [-0.15, -0.1) is 0 Å². The molecule has 2 saturated heterocycles. The Morgan fingerprint density at radius 3 is 2.89 bits per heavy atom. The van der Waals surface area contributed by atoms with Crippen LogP contribution in [0.2, 0.25) is 0 Å². The zero-order chi connectivity index (χ0) is 13.8. The first-order chi connectivity index (χ1) is 9.09. The molecule has 2 heterocycles. The van der Waals surface area contributed by atoms with Crippen LogP contribution in [0.3, 0.4) is 0 Å². The third-order valence-electron chi connectivity index (χ3n) is 3.40. The number of urea groups is 1. The number of rotatable bonds is 4. The summed E-state index contributed by atoms with van der Waals surface area (Å²) in [7, 11) is 0. The molecular formula is C12H19N3O4. The van der Waals surface area contributed by atoms with Crippen molar-refractivity contribution in [3.63, 3.8) is 0 Å². The van der Waals surface area contributed by atoms with Crippen molar-refractivity contribution in [3.8, 4) is 0 Å². The molecule has 7 heteroatoms. The zero-order valence-electron chi connectivity index (χ0n) is 11.1. The molecule has 0 saturated carbocycles. The minimum absolute atomic E-state index is 0.0582. The number of amides is 4. The highest BCUT2D eigenvalue weighted by atomic mass is 16.5. The smallest absolute Gasteiger partial charge is 0.324 e. The van der Waals surface area contributed by atoms with Gasteiger partial charge in [-0.3, -0.25) is 14.5 Å². The lowest BCUT2D eigenvalue weighted by Gasteiger charge is -2.33. The monoisotopic (exact) mass is 269 g/mol. The van der Waals surface area contributed by atoms with E-state index < -0.39 is 0 Å². The Balaban J connectivity index is 1.74. The van der Waals surface area contributed by atoms with Crippen LogP contribution in [0.5, 0.6) is 0 Å². The van der Waals surface area contributed by atoms with Crippen molar-refractivity contribution in [1.82, 2.24) is 15.1 Å². The first kappa shape index (κ1) is 13.8. The molecule has 2 rings (SSSR count). The lowest BCUT2D eigenvalue weighted by Crippen LogP contribution is -2.47. The Kier molecular flexibility index (Phi) is 4.36. The van der Waals surface area contributed by atoms with Crippen molar-refractivity contribution in [3.05, 3.63) is 0 Å². The van der Waals surface area contributed by atoms with Crippen molar-refractivity contribution in [1.29, 1.82) is 0 Å². The molecule has 0 aromatic carbocycles. The van der Waals surface area contributed by atoms with Crippen LogP contribution in [0.1, 0.15) is 19.8 Å². The van der Waals surface area contributed by atoms with E-state index in [-0.39, 0.29) is 30.4 Å². The van der Waals surface area contributed by atoms with Crippen molar-refractivity contribution >= 4 is 17.8 Å². The summed E-state index contributed by atoms with van der Waals surface area (Å²) >= 11 is 0. The van der Waals surface area contributed by atoms with Crippen LogP contribution < -0.4 is 5.32 Å². The van der Waals surface area contributed by atoms with Gasteiger partial charge in [-0.1, -0.05) is 0 Å². The number of carbonyl (C=O) groups is 3. The van der Waals surface area contributed by atoms with Gasteiger partial charge in [-0.2, -0.15) is 0 Å². The molecule has 1 atom stereocenters. The summed E-state index contributed by atoms with van der Waals surface area (Å²) in [6.45, 7) is 4.07. The van der Waals surface area contributed by atoms with E-state index in [0.29, 0.717) is 39.1 Å². The number of hydrogen-bond donors (Lipinski definition) is 1. The van der Waals surface area contributed by atoms with Crippen LogP contribution in [-0.4, -0.2) is 66.5 Å². The molecule has 2 aliphatic rings. The first-order valence-corrected chi connectivity index (χ1v) is 6.55. The van der Waals surface area contributed by atoms with E-state index in [9.17, 15) is 14.4 Å². The molecule has 4 amide bonds. The van der Waals surface area contributed by atoms with Gasteiger partial charge in [0.1, 0.15) is 0 Å². The number of nitrogens with one attached hydrogen (secondary N) is 1. The van der Waals surface area contributed by atoms with Gasteiger partial charge in [0, 0.05) is 19.5 Å². The number of morpholine rings is 1. The third kappa shape index (κ3) is 3.23. The average Bonchev–Trinajstić information content (AvgIpc) is 2.70. The molecular weight excluding hydrogens is 250 g/mol. The van der Waals surface area contributed by atoms with Gasteiger partial charge in [0.2, 0.25) is 11.8 Å². The number of imide groups is 1. The van der Waals surface area contributed by atoms with Gasteiger partial charge in [-0.25, -0.2) is 4.79 Å². The quantitative estimate of drug-likeness (QED) is 0.702. The molecule has 2 aliphatic heterocycles. The van der Waals surface area contributed by atoms with E-state index in [1.807, 2.05) is 6.92 Å². The number of nitrogens with zero attached hydrogens (tertiary/aromatic N) is 2. The van der Waals surface area contributed by atoms with Gasteiger partial charge >= 0.3 is 6.03 Å². The Morgan fingerprint density at radius 2 is 2.26 bits per heavy atom. The van der Waals surface area contributed by atoms with Crippen LogP contribution in [-0.2, 0) is 14.3 Å². The summed E-state index contributed by atoms with van der Waals surface area (Å²) < 4.78 is 5.28. The van der Waals surface area contributed by atoms with Gasteiger partial charge in [0.15, 0.2) is 0 Å². The molecule has 1 unspecified atom stereocenters. The van der Waals surface area contributed by atoms with Gasteiger partial charge in [-0.05, 0) is 13.3 Å². The van der Waals surface area contributed by atoms with E-state index in [4.69, 9.17) is 4.74 Å². The van der Waals surface area contributed by atoms with Crippen molar-refractivity contribution in [2.75, 3.05) is 32.8 Å². The highest BCUT2D eigenvalue weighted by Crippen LogP contribution is 2.10. The molecule has 0 spiro atoms. The average molecular weight is 269 g/mol. The largest absolute Gasteiger partial charge is 0.377 e. The summed E-state index contributed by atoms with van der Waals surface area (Å²) in [6.07, 6.45) is 0.851. The summed E-state index contributed by atoms with van der Waals surface area (Å²) in [6, 6.07) is -0.268. The fourth-order valence-corrected chi connectivity index (χ4v) is 2.31. The van der Waals surface area contributed by atoms with E-state index in [2.05, 4.69) is 5.32 Å². The number of hydrogen-bond acceptors (Lipinski definition) is 4. The summed E-state index contributed by atoms with van der Waals surface area (Å²) in [5.74, 6) is -0.167. The number of carbonyl (C=O) groups excluding carboxylic acids is 3. The van der Waals surface area contributed by atoms with Crippen LogP contribution in [0.4, 0.5) is 4.79 Å². The Bertz CT molecular complexity index is 369. The SMILES string of the molecule is CC1COCCN1C(=O)CCCN1C(=O)CNC1=O. The second-order valence-electron chi connectivity index (χ2n) is 4.82. The summed E-state index contributed by atoms with van der Waals surface area (Å²) in [5, 5.41) is 2.45. The molecule has 1 N–H and O–H groups in total. The molecule has 7 nitrogen and oxygen atoms in total. The normalized spacial score (nSPS) is 23.7.